The summed E-state index contributed by atoms with van der Waals surface area (Å²) in [5, 5.41) is 1.39. The standard InChI is InChI=1S/C12H12Cl2N2/c1-8-7-15-12(16-8)5-3-9-2-4-10(13)6-11(9)14/h2,4,6-7H,3,5H2,1H3,(H,15,16). The van der Waals surface area contributed by atoms with Gasteiger partial charge in [0.05, 0.1) is 5.69 Å². The molecule has 2 nitrogen and oxygen atoms in total. The zero-order chi connectivity index (χ0) is 11.5. The normalized spacial score (nSPS) is 10.7. The van der Waals surface area contributed by atoms with Crippen molar-refractivity contribution in [3.05, 3.63) is 51.5 Å². The minimum Gasteiger partial charge on any atom is -0.348 e. The first-order valence-corrected chi connectivity index (χ1v) is 5.85. The Hall–Kier alpha value is -0.990. The molecule has 16 heavy (non-hydrogen) atoms. The van der Waals surface area contributed by atoms with Crippen LogP contribution in [0.3, 0.4) is 0 Å². The van der Waals surface area contributed by atoms with Crippen molar-refractivity contribution in [2.45, 2.75) is 19.8 Å². The molecule has 0 fully saturated rings. The molecule has 4 heteroatoms. The number of benzene rings is 1. The fraction of sp³-hybridized carbons (Fsp3) is 0.250. The molecule has 2 rings (SSSR count). The summed E-state index contributed by atoms with van der Waals surface area (Å²) in [5.74, 6) is 0.989. The molecule has 0 spiro atoms. The highest BCUT2D eigenvalue weighted by molar-refractivity contribution is 6.35. The first kappa shape index (κ1) is 11.5. The summed E-state index contributed by atoms with van der Waals surface area (Å²) in [6.07, 6.45) is 3.62. The number of H-pyrrole nitrogens is 1. The highest BCUT2D eigenvalue weighted by Gasteiger charge is 2.03. The zero-order valence-corrected chi connectivity index (χ0v) is 10.4. The molecule has 0 unspecified atom stereocenters. The molecule has 84 valence electrons. The number of aromatic nitrogens is 2. The number of halogens is 2. The number of hydrogen-bond donors (Lipinski definition) is 1. The Kier molecular flexibility index (Phi) is 3.52. The lowest BCUT2D eigenvalue weighted by molar-refractivity contribution is 0.881. The van der Waals surface area contributed by atoms with E-state index >= 15 is 0 Å². The van der Waals surface area contributed by atoms with Gasteiger partial charge in [0.1, 0.15) is 5.82 Å². The van der Waals surface area contributed by atoms with Gasteiger partial charge in [-0.1, -0.05) is 29.3 Å². The average Bonchev–Trinajstić information content (AvgIpc) is 2.63. The van der Waals surface area contributed by atoms with Gasteiger partial charge in [-0.15, -0.1) is 0 Å². The maximum atomic E-state index is 6.09. The third kappa shape index (κ3) is 2.77. The van der Waals surface area contributed by atoms with E-state index in [4.69, 9.17) is 23.2 Å². The molecule has 0 aliphatic carbocycles. The maximum Gasteiger partial charge on any atom is 0.106 e. The summed E-state index contributed by atoms with van der Waals surface area (Å²) in [5.41, 5.74) is 2.11. The van der Waals surface area contributed by atoms with Crippen LogP contribution >= 0.6 is 23.2 Å². The molecule has 2 aromatic rings. The van der Waals surface area contributed by atoms with Crippen molar-refractivity contribution in [3.8, 4) is 0 Å². The minimum absolute atomic E-state index is 0.669. The summed E-state index contributed by atoms with van der Waals surface area (Å²) >= 11 is 11.9. The Morgan fingerprint density at radius 2 is 2.06 bits per heavy atom. The topological polar surface area (TPSA) is 28.7 Å². The fourth-order valence-electron chi connectivity index (χ4n) is 1.57. The summed E-state index contributed by atoms with van der Waals surface area (Å²) in [6, 6.07) is 5.59. The van der Waals surface area contributed by atoms with E-state index in [1.807, 2.05) is 25.3 Å². The van der Waals surface area contributed by atoms with Gasteiger partial charge in [-0.3, -0.25) is 0 Å². The molecule has 0 saturated heterocycles. The molecule has 0 radical (unpaired) electrons. The summed E-state index contributed by atoms with van der Waals surface area (Å²) in [6.45, 7) is 1.97. The largest absolute Gasteiger partial charge is 0.348 e. The molecule has 0 amide bonds. The van der Waals surface area contributed by atoms with Gasteiger partial charge in [-0.05, 0) is 31.0 Å². The Balaban J connectivity index is 2.04. The van der Waals surface area contributed by atoms with Crippen LogP contribution in [0.15, 0.2) is 24.4 Å². The first-order chi connectivity index (χ1) is 7.65. The van der Waals surface area contributed by atoms with E-state index < -0.39 is 0 Å². The highest BCUT2D eigenvalue weighted by atomic mass is 35.5. The van der Waals surface area contributed by atoms with E-state index in [1.54, 1.807) is 6.07 Å². The molecular weight excluding hydrogens is 243 g/mol. The highest BCUT2D eigenvalue weighted by Crippen LogP contribution is 2.21. The lowest BCUT2D eigenvalue weighted by Crippen LogP contribution is -1.94. The van der Waals surface area contributed by atoms with Crippen molar-refractivity contribution in [2.75, 3.05) is 0 Å². The molecule has 0 aliphatic heterocycles. The second kappa shape index (κ2) is 4.89. The molecule has 0 bridgehead atoms. The number of nitrogens with one attached hydrogen (secondary N) is 1. The fourth-order valence-corrected chi connectivity index (χ4v) is 2.07. The van der Waals surface area contributed by atoms with E-state index in [1.165, 1.54) is 0 Å². The molecule has 0 atom stereocenters. The first-order valence-electron chi connectivity index (χ1n) is 5.10. The van der Waals surface area contributed by atoms with Gasteiger partial charge in [-0.25, -0.2) is 4.98 Å². The quantitative estimate of drug-likeness (QED) is 0.887. The van der Waals surface area contributed by atoms with Gasteiger partial charge in [0.15, 0.2) is 0 Å². The lowest BCUT2D eigenvalue weighted by Gasteiger charge is -2.03. The van der Waals surface area contributed by atoms with E-state index in [-0.39, 0.29) is 0 Å². The minimum atomic E-state index is 0.669. The predicted octanol–water partition coefficient (Wildman–Crippen LogP) is 3.81. The van der Waals surface area contributed by atoms with Crippen molar-refractivity contribution < 1.29 is 0 Å². The Bertz CT molecular complexity index is 492. The van der Waals surface area contributed by atoms with Crippen LogP contribution in [0.25, 0.3) is 0 Å². The number of aromatic amines is 1. The molecule has 1 aromatic heterocycles. The van der Waals surface area contributed by atoms with Crippen molar-refractivity contribution >= 4 is 23.2 Å². The monoisotopic (exact) mass is 254 g/mol. The number of hydrogen-bond acceptors (Lipinski definition) is 1. The van der Waals surface area contributed by atoms with Gasteiger partial charge < -0.3 is 4.98 Å². The van der Waals surface area contributed by atoms with Gasteiger partial charge in [-0.2, -0.15) is 0 Å². The van der Waals surface area contributed by atoms with E-state index in [9.17, 15) is 0 Å². The summed E-state index contributed by atoms with van der Waals surface area (Å²) < 4.78 is 0. The second-order valence-electron chi connectivity index (χ2n) is 3.72. The van der Waals surface area contributed by atoms with Crippen LogP contribution in [0.2, 0.25) is 10.0 Å². The van der Waals surface area contributed by atoms with Crippen LogP contribution in [-0.4, -0.2) is 9.97 Å². The number of rotatable bonds is 3. The van der Waals surface area contributed by atoms with E-state index in [2.05, 4.69) is 9.97 Å². The molecule has 1 aromatic carbocycles. The summed E-state index contributed by atoms with van der Waals surface area (Å²) in [7, 11) is 0. The molecule has 1 N–H and O–H groups in total. The van der Waals surface area contributed by atoms with Crippen molar-refractivity contribution in [1.29, 1.82) is 0 Å². The molecule has 1 heterocycles. The number of nitrogens with zero attached hydrogens (tertiary/aromatic N) is 1. The van der Waals surface area contributed by atoms with Crippen LogP contribution in [0.5, 0.6) is 0 Å². The van der Waals surface area contributed by atoms with Gasteiger partial charge in [0, 0.05) is 22.7 Å². The Morgan fingerprint density at radius 3 is 2.69 bits per heavy atom. The third-order valence-electron chi connectivity index (χ3n) is 2.41. The molecular formula is C12H12Cl2N2. The van der Waals surface area contributed by atoms with Gasteiger partial charge >= 0.3 is 0 Å². The van der Waals surface area contributed by atoms with Gasteiger partial charge in [0.2, 0.25) is 0 Å². The number of aryl methyl sites for hydroxylation is 3. The van der Waals surface area contributed by atoms with Crippen LogP contribution < -0.4 is 0 Å². The van der Waals surface area contributed by atoms with Crippen molar-refractivity contribution in [3.63, 3.8) is 0 Å². The zero-order valence-electron chi connectivity index (χ0n) is 8.93. The Morgan fingerprint density at radius 1 is 1.25 bits per heavy atom. The predicted molar refractivity (Wildman–Crippen MR) is 67.2 cm³/mol. The smallest absolute Gasteiger partial charge is 0.106 e. The maximum absolute atomic E-state index is 6.09. The van der Waals surface area contributed by atoms with Crippen molar-refractivity contribution in [1.82, 2.24) is 9.97 Å². The second-order valence-corrected chi connectivity index (χ2v) is 4.57. The molecule has 0 saturated carbocycles. The van der Waals surface area contributed by atoms with Crippen LogP contribution in [0.4, 0.5) is 0 Å². The third-order valence-corrected chi connectivity index (χ3v) is 2.99. The SMILES string of the molecule is Cc1c[nH]c(CCc2ccc(Cl)cc2Cl)n1. The van der Waals surface area contributed by atoms with Crippen LogP contribution in [0.1, 0.15) is 17.1 Å². The lowest BCUT2D eigenvalue weighted by atomic mass is 10.1. The van der Waals surface area contributed by atoms with Gasteiger partial charge in [0.25, 0.3) is 0 Å². The van der Waals surface area contributed by atoms with Crippen LogP contribution in [-0.2, 0) is 12.8 Å². The number of imidazole rings is 1. The summed E-state index contributed by atoms with van der Waals surface area (Å²) in [4.78, 5) is 7.47. The van der Waals surface area contributed by atoms with Crippen molar-refractivity contribution in [2.24, 2.45) is 0 Å². The average molecular weight is 255 g/mol. The molecule has 0 aliphatic rings. The van der Waals surface area contributed by atoms with E-state index in [0.29, 0.717) is 5.02 Å². The Labute approximate surface area is 105 Å². The van der Waals surface area contributed by atoms with E-state index in [0.717, 1.165) is 34.9 Å². The van der Waals surface area contributed by atoms with Crippen LogP contribution in [0, 0.1) is 6.92 Å².